The molecular formula is C20H31N3O3S. The highest BCUT2D eigenvalue weighted by molar-refractivity contribution is 7.86. The Kier molecular flexibility index (Phi) is 6.89. The SMILES string of the molecule is C[C@@H](CNC(=O)[C@@H]1CCCN(S(=O)(=O)N2CCCCC2)C1)c1ccccc1. The van der Waals surface area contributed by atoms with Gasteiger partial charge in [-0.2, -0.15) is 17.0 Å². The molecule has 2 heterocycles. The van der Waals surface area contributed by atoms with E-state index < -0.39 is 10.2 Å². The zero-order valence-electron chi connectivity index (χ0n) is 16.1. The first kappa shape index (κ1) is 20.3. The third-order valence-corrected chi connectivity index (χ3v) is 7.68. The zero-order chi connectivity index (χ0) is 19.3. The molecular weight excluding hydrogens is 362 g/mol. The number of amides is 1. The number of nitrogens with zero attached hydrogens (tertiary/aromatic N) is 2. The van der Waals surface area contributed by atoms with Gasteiger partial charge in [0.2, 0.25) is 5.91 Å². The van der Waals surface area contributed by atoms with Gasteiger partial charge in [0.15, 0.2) is 0 Å². The maximum Gasteiger partial charge on any atom is 0.281 e. The van der Waals surface area contributed by atoms with Crippen molar-refractivity contribution >= 4 is 16.1 Å². The summed E-state index contributed by atoms with van der Waals surface area (Å²) in [7, 11) is -3.44. The third-order valence-electron chi connectivity index (χ3n) is 5.67. The smallest absolute Gasteiger partial charge is 0.281 e. The highest BCUT2D eigenvalue weighted by Gasteiger charge is 2.36. The summed E-state index contributed by atoms with van der Waals surface area (Å²) >= 11 is 0. The Morgan fingerprint density at radius 3 is 2.44 bits per heavy atom. The molecule has 0 unspecified atom stereocenters. The van der Waals surface area contributed by atoms with Gasteiger partial charge in [-0.1, -0.05) is 43.7 Å². The van der Waals surface area contributed by atoms with Crippen molar-refractivity contribution in [2.75, 3.05) is 32.7 Å². The van der Waals surface area contributed by atoms with Gasteiger partial charge >= 0.3 is 0 Å². The van der Waals surface area contributed by atoms with Gasteiger partial charge < -0.3 is 5.32 Å². The molecule has 1 N–H and O–H groups in total. The standard InChI is InChI=1S/C20H31N3O3S/c1-17(18-9-4-2-5-10-18)15-21-20(24)19-11-8-14-23(16-19)27(25,26)22-12-6-3-7-13-22/h2,4-5,9-10,17,19H,3,6-8,11-16H2,1H3,(H,21,24)/t17-,19+/m0/s1. The van der Waals surface area contributed by atoms with Gasteiger partial charge in [0, 0.05) is 32.7 Å². The Hall–Kier alpha value is -1.44. The molecule has 0 spiro atoms. The van der Waals surface area contributed by atoms with Gasteiger partial charge in [0.1, 0.15) is 0 Å². The van der Waals surface area contributed by atoms with Crippen LogP contribution in [-0.2, 0) is 15.0 Å². The summed E-state index contributed by atoms with van der Waals surface area (Å²) in [5.74, 6) is -0.0652. The van der Waals surface area contributed by atoms with Crippen LogP contribution >= 0.6 is 0 Å². The lowest BCUT2D eigenvalue weighted by Crippen LogP contribution is -2.51. The molecule has 7 heteroatoms. The highest BCUT2D eigenvalue weighted by atomic mass is 32.2. The van der Waals surface area contributed by atoms with Gasteiger partial charge in [0.25, 0.3) is 10.2 Å². The highest BCUT2D eigenvalue weighted by Crippen LogP contribution is 2.24. The van der Waals surface area contributed by atoms with Crippen LogP contribution in [0.5, 0.6) is 0 Å². The number of piperidine rings is 2. The van der Waals surface area contributed by atoms with Gasteiger partial charge in [-0.05, 0) is 37.2 Å². The number of nitrogens with one attached hydrogen (secondary N) is 1. The zero-order valence-corrected chi connectivity index (χ0v) is 17.0. The normalized spacial score (nSPS) is 23.7. The van der Waals surface area contributed by atoms with E-state index in [-0.39, 0.29) is 17.7 Å². The van der Waals surface area contributed by atoms with Crippen molar-refractivity contribution in [2.24, 2.45) is 5.92 Å². The maximum absolute atomic E-state index is 12.9. The molecule has 1 aromatic carbocycles. The van der Waals surface area contributed by atoms with Crippen LogP contribution in [0.1, 0.15) is 50.5 Å². The molecule has 2 aliphatic rings. The monoisotopic (exact) mass is 393 g/mol. The molecule has 2 atom stereocenters. The molecule has 0 saturated carbocycles. The molecule has 0 bridgehead atoms. The first-order valence-corrected chi connectivity index (χ1v) is 11.5. The van der Waals surface area contributed by atoms with Crippen molar-refractivity contribution in [3.05, 3.63) is 35.9 Å². The lowest BCUT2D eigenvalue weighted by Gasteiger charge is -2.36. The van der Waals surface area contributed by atoms with Crippen molar-refractivity contribution in [1.82, 2.24) is 13.9 Å². The molecule has 2 fully saturated rings. The van der Waals surface area contributed by atoms with Crippen molar-refractivity contribution in [1.29, 1.82) is 0 Å². The van der Waals surface area contributed by atoms with Crippen LogP contribution in [0.3, 0.4) is 0 Å². The minimum atomic E-state index is -3.44. The summed E-state index contributed by atoms with van der Waals surface area (Å²) in [5, 5.41) is 3.03. The lowest BCUT2D eigenvalue weighted by molar-refractivity contribution is -0.126. The van der Waals surface area contributed by atoms with E-state index in [1.807, 2.05) is 18.2 Å². The third kappa shape index (κ3) is 5.09. The topological polar surface area (TPSA) is 69.7 Å². The summed E-state index contributed by atoms with van der Waals surface area (Å²) in [6, 6.07) is 10.1. The Balaban J connectivity index is 1.54. The van der Waals surface area contributed by atoms with Gasteiger partial charge in [0.05, 0.1) is 5.92 Å². The Morgan fingerprint density at radius 2 is 1.74 bits per heavy atom. The van der Waals surface area contributed by atoms with E-state index in [0.717, 1.165) is 32.1 Å². The first-order chi connectivity index (χ1) is 13.0. The predicted molar refractivity (Wildman–Crippen MR) is 107 cm³/mol. The lowest BCUT2D eigenvalue weighted by atomic mass is 9.97. The number of benzene rings is 1. The second kappa shape index (κ2) is 9.17. The summed E-state index contributed by atoms with van der Waals surface area (Å²) in [6.45, 7) is 4.67. The number of hydrogen-bond donors (Lipinski definition) is 1. The number of hydrogen-bond acceptors (Lipinski definition) is 3. The van der Waals surface area contributed by atoms with Gasteiger partial charge in [-0.25, -0.2) is 0 Å². The molecule has 1 amide bonds. The van der Waals surface area contributed by atoms with Crippen LogP contribution in [0.2, 0.25) is 0 Å². The number of carbonyl (C=O) groups excluding carboxylic acids is 1. The molecule has 1 aromatic rings. The van der Waals surface area contributed by atoms with E-state index in [4.69, 9.17) is 0 Å². The molecule has 150 valence electrons. The van der Waals surface area contributed by atoms with Crippen LogP contribution < -0.4 is 5.32 Å². The fraction of sp³-hybridized carbons (Fsp3) is 0.650. The fourth-order valence-electron chi connectivity index (χ4n) is 3.92. The van der Waals surface area contributed by atoms with E-state index in [1.54, 1.807) is 4.31 Å². The molecule has 0 aliphatic carbocycles. The van der Waals surface area contributed by atoms with Crippen LogP contribution in [0.15, 0.2) is 30.3 Å². The van der Waals surface area contributed by atoms with Crippen molar-refractivity contribution < 1.29 is 13.2 Å². The summed E-state index contributed by atoms with van der Waals surface area (Å²) in [5.41, 5.74) is 1.19. The average Bonchev–Trinajstić information content (AvgIpc) is 2.73. The molecule has 0 aromatic heterocycles. The maximum atomic E-state index is 12.9. The van der Waals surface area contributed by atoms with E-state index >= 15 is 0 Å². The quantitative estimate of drug-likeness (QED) is 0.807. The number of rotatable bonds is 6. The largest absolute Gasteiger partial charge is 0.355 e. The predicted octanol–water partition coefficient (Wildman–Crippen LogP) is 2.35. The van der Waals surface area contributed by atoms with Crippen LogP contribution in [0, 0.1) is 5.92 Å². The Morgan fingerprint density at radius 1 is 1.07 bits per heavy atom. The van der Waals surface area contributed by atoms with E-state index in [9.17, 15) is 13.2 Å². The Bertz CT molecular complexity index is 717. The van der Waals surface area contributed by atoms with E-state index in [1.165, 1.54) is 9.87 Å². The average molecular weight is 394 g/mol. The second-order valence-corrected chi connectivity index (χ2v) is 9.65. The Labute approximate surface area is 163 Å². The molecule has 27 heavy (non-hydrogen) atoms. The van der Waals surface area contributed by atoms with E-state index in [0.29, 0.717) is 32.7 Å². The first-order valence-electron chi connectivity index (χ1n) is 10.1. The molecule has 6 nitrogen and oxygen atoms in total. The van der Waals surface area contributed by atoms with Crippen LogP contribution in [0.4, 0.5) is 0 Å². The second-order valence-electron chi connectivity index (χ2n) is 7.72. The summed E-state index contributed by atoms with van der Waals surface area (Å²) < 4.78 is 28.9. The molecule has 2 saturated heterocycles. The molecule has 3 rings (SSSR count). The van der Waals surface area contributed by atoms with Crippen LogP contribution in [-0.4, -0.2) is 55.7 Å². The molecule has 2 aliphatic heterocycles. The minimum absolute atomic E-state index is 0.0312. The van der Waals surface area contributed by atoms with Gasteiger partial charge in [-0.3, -0.25) is 4.79 Å². The van der Waals surface area contributed by atoms with Crippen molar-refractivity contribution in [3.63, 3.8) is 0 Å². The summed E-state index contributed by atoms with van der Waals surface area (Å²) in [6.07, 6.45) is 4.43. The number of carbonyl (C=O) groups is 1. The summed E-state index contributed by atoms with van der Waals surface area (Å²) in [4.78, 5) is 12.6. The van der Waals surface area contributed by atoms with Crippen molar-refractivity contribution in [3.8, 4) is 0 Å². The van der Waals surface area contributed by atoms with E-state index in [2.05, 4.69) is 24.4 Å². The van der Waals surface area contributed by atoms with Gasteiger partial charge in [-0.15, -0.1) is 0 Å². The van der Waals surface area contributed by atoms with Crippen LogP contribution in [0.25, 0.3) is 0 Å². The fourth-order valence-corrected chi connectivity index (χ4v) is 5.70. The van der Waals surface area contributed by atoms with Crippen molar-refractivity contribution in [2.45, 2.75) is 44.9 Å². The molecule has 0 radical (unpaired) electrons. The minimum Gasteiger partial charge on any atom is -0.355 e.